The third-order valence-electron chi connectivity index (χ3n) is 3.61. The zero-order valence-corrected chi connectivity index (χ0v) is 12.9. The van der Waals surface area contributed by atoms with E-state index >= 15 is 0 Å². The lowest BCUT2D eigenvalue weighted by Gasteiger charge is -2.03. The van der Waals surface area contributed by atoms with E-state index < -0.39 is 0 Å². The maximum absolute atomic E-state index is 12.9. The van der Waals surface area contributed by atoms with Crippen LogP contribution < -0.4 is 14.8 Å². The fourth-order valence-electron chi connectivity index (χ4n) is 2.34. The van der Waals surface area contributed by atoms with Crippen LogP contribution in [0.1, 0.15) is 16.2 Å². The smallest absolute Gasteiger partial charge is 0.251 e. The lowest BCUT2D eigenvalue weighted by atomic mass is 10.2. The molecule has 4 rings (SSSR count). The molecular weight excluding hydrogens is 329 g/mol. The fraction of sp³-hybridized carbons (Fsp3) is 0.118. The van der Waals surface area contributed by atoms with Gasteiger partial charge in [-0.15, -0.1) is 0 Å². The number of nitrogens with zero attached hydrogens (tertiary/aromatic N) is 2. The van der Waals surface area contributed by atoms with E-state index in [1.807, 2.05) is 0 Å². The van der Waals surface area contributed by atoms with Crippen LogP contribution in [0.15, 0.2) is 47.0 Å². The minimum atomic E-state index is -0.344. The van der Waals surface area contributed by atoms with Gasteiger partial charge in [0.1, 0.15) is 5.82 Å². The van der Waals surface area contributed by atoms with Gasteiger partial charge in [0, 0.05) is 11.1 Å². The summed E-state index contributed by atoms with van der Waals surface area (Å²) < 4.78 is 28.5. The van der Waals surface area contributed by atoms with Crippen LogP contribution in [0.25, 0.3) is 11.4 Å². The molecule has 2 aromatic carbocycles. The van der Waals surface area contributed by atoms with Gasteiger partial charge in [-0.05, 0) is 42.5 Å². The Kier molecular flexibility index (Phi) is 3.77. The number of amides is 1. The topological polar surface area (TPSA) is 86.5 Å². The Balaban J connectivity index is 1.41. The summed E-state index contributed by atoms with van der Waals surface area (Å²) in [5, 5.41) is 6.51. The van der Waals surface area contributed by atoms with Crippen molar-refractivity contribution in [1.29, 1.82) is 0 Å². The summed E-state index contributed by atoms with van der Waals surface area (Å²) in [5.41, 5.74) is 1.06. The van der Waals surface area contributed by atoms with Crippen molar-refractivity contribution >= 4 is 5.91 Å². The highest BCUT2D eigenvalue weighted by atomic mass is 19.1. The van der Waals surface area contributed by atoms with E-state index in [2.05, 4.69) is 15.5 Å². The van der Waals surface area contributed by atoms with Crippen LogP contribution in [-0.4, -0.2) is 22.8 Å². The first-order valence-corrected chi connectivity index (χ1v) is 7.45. The number of hydrogen-bond donors (Lipinski definition) is 1. The number of benzene rings is 2. The lowest BCUT2D eigenvalue weighted by molar-refractivity contribution is 0.0946. The standard InChI is InChI=1S/C17H12FN3O4/c18-12-4-1-10(2-5-12)16-20-15(25-21-16)8-19-17(22)11-3-6-13-14(7-11)24-9-23-13/h1-7H,8-9H2,(H,19,22). The Morgan fingerprint density at radius 1 is 1.12 bits per heavy atom. The highest BCUT2D eigenvalue weighted by molar-refractivity contribution is 5.94. The molecular formula is C17H12FN3O4. The molecule has 1 aliphatic heterocycles. The summed E-state index contributed by atoms with van der Waals surface area (Å²) in [4.78, 5) is 16.4. The second-order valence-corrected chi connectivity index (χ2v) is 5.27. The van der Waals surface area contributed by atoms with Crippen LogP contribution in [-0.2, 0) is 6.54 Å². The van der Waals surface area contributed by atoms with Crippen molar-refractivity contribution in [3.63, 3.8) is 0 Å². The van der Waals surface area contributed by atoms with E-state index in [4.69, 9.17) is 14.0 Å². The number of hydrogen-bond acceptors (Lipinski definition) is 6. The number of carbonyl (C=O) groups excluding carboxylic acids is 1. The molecule has 0 unspecified atom stereocenters. The quantitative estimate of drug-likeness (QED) is 0.785. The average molecular weight is 341 g/mol. The summed E-state index contributed by atoms with van der Waals surface area (Å²) in [7, 11) is 0. The molecule has 0 aliphatic carbocycles. The van der Waals surface area contributed by atoms with E-state index in [1.165, 1.54) is 12.1 Å². The Labute approximate surface area is 141 Å². The maximum Gasteiger partial charge on any atom is 0.251 e. The van der Waals surface area contributed by atoms with Crippen molar-refractivity contribution < 1.29 is 23.2 Å². The molecule has 0 saturated heterocycles. The van der Waals surface area contributed by atoms with Gasteiger partial charge in [0.2, 0.25) is 18.5 Å². The van der Waals surface area contributed by atoms with Crippen molar-refractivity contribution in [2.45, 2.75) is 6.54 Å². The first kappa shape index (κ1) is 15.1. The molecule has 1 amide bonds. The van der Waals surface area contributed by atoms with Crippen molar-refractivity contribution in [3.05, 3.63) is 59.7 Å². The highest BCUT2D eigenvalue weighted by Crippen LogP contribution is 2.32. The molecule has 3 aromatic rings. The molecule has 0 atom stereocenters. The summed E-state index contributed by atoms with van der Waals surface area (Å²) in [6, 6.07) is 10.6. The summed E-state index contributed by atoms with van der Waals surface area (Å²) in [6.07, 6.45) is 0. The van der Waals surface area contributed by atoms with Crippen LogP contribution in [0.3, 0.4) is 0 Å². The normalized spacial score (nSPS) is 12.2. The Bertz CT molecular complexity index is 924. The molecule has 0 spiro atoms. The van der Waals surface area contributed by atoms with Crippen LogP contribution in [0, 0.1) is 5.82 Å². The number of halogens is 1. The van der Waals surface area contributed by atoms with E-state index in [-0.39, 0.29) is 31.0 Å². The van der Waals surface area contributed by atoms with Gasteiger partial charge < -0.3 is 19.3 Å². The largest absolute Gasteiger partial charge is 0.454 e. The second kappa shape index (κ2) is 6.23. The molecule has 1 aliphatic rings. The summed E-state index contributed by atoms with van der Waals surface area (Å²) >= 11 is 0. The van der Waals surface area contributed by atoms with E-state index in [1.54, 1.807) is 30.3 Å². The van der Waals surface area contributed by atoms with Gasteiger partial charge in [0.15, 0.2) is 11.5 Å². The van der Waals surface area contributed by atoms with Crippen molar-refractivity contribution in [3.8, 4) is 22.9 Å². The van der Waals surface area contributed by atoms with Crippen molar-refractivity contribution in [2.75, 3.05) is 6.79 Å². The molecule has 0 bridgehead atoms. The average Bonchev–Trinajstić information content (AvgIpc) is 3.29. The molecule has 7 nitrogen and oxygen atoms in total. The maximum atomic E-state index is 12.9. The molecule has 126 valence electrons. The van der Waals surface area contributed by atoms with Gasteiger partial charge in [-0.25, -0.2) is 4.39 Å². The van der Waals surface area contributed by atoms with E-state index in [0.717, 1.165) is 0 Å². The summed E-state index contributed by atoms with van der Waals surface area (Å²) in [5.74, 6) is 1.06. The minimum absolute atomic E-state index is 0.0709. The lowest BCUT2D eigenvalue weighted by Crippen LogP contribution is -2.22. The molecule has 0 fully saturated rings. The molecule has 1 aromatic heterocycles. The van der Waals surface area contributed by atoms with Crippen LogP contribution in [0.2, 0.25) is 0 Å². The van der Waals surface area contributed by atoms with Gasteiger partial charge in [-0.3, -0.25) is 4.79 Å². The molecule has 0 saturated carbocycles. The SMILES string of the molecule is O=C(NCc1nc(-c2ccc(F)cc2)no1)c1ccc2c(c1)OCO2. The predicted octanol–water partition coefficient (Wildman–Crippen LogP) is 2.53. The highest BCUT2D eigenvalue weighted by Gasteiger charge is 2.17. The first-order chi connectivity index (χ1) is 12.2. The second-order valence-electron chi connectivity index (χ2n) is 5.27. The Morgan fingerprint density at radius 2 is 1.92 bits per heavy atom. The van der Waals surface area contributed by atoms with E-state index in [0.29, 0.717) is 28.5 Å². The fourth-order valence-corrected chi connectivity index (χ4v) is 2.34. The van der Waals surface area contributed by atoms with E-state index in [9.17, 15) is 9.18 Å². The minimum Gasteiger partial charge on any atom is -0.454 e. The Morgan fingerprint density at radius 3 is 2.76 bits per heavy atom. The van der Waals surface area contributed by atoms with Gasteiger partial charge in [0.05, 0.1) is 6.54 Å². The van der Waals surface area contributed by atoms with Gasteiger partial charge in [-0.2, -0.15) is 4.98 Å². The number of nitrogens with one attached hydrogen (secondary N) is 1. The van der Waals surface area contributed by atoms with Gasteiger partial charge in [0.25, 0.3) is 5.91 Å². The molecule has 0 radical (unpaired) electrons. The third kappa shape index (κ3) is 3.14. The number of rotatable bonds is 4. The van der Waals surface area contributed by atoms with Crippen molar-refractivity contribution in [2.24, 2.45) is 0 Å². The predicted molar refractivity (Wildman–Crippen MR) is 83.4 cm³/mol. The molecule has 1 N–H and O–H groups in total. The number of fused-ring (bicyclic) bond motifs is 1. The Hall–Kier alpha value is -3.42. The first-order valence-electron chi connectivity index (χ1n) is 7.45. The van der Waals surface area contributed by atoms with Crippen molar-refractivity contribution in [1.82, 2.24) is 15.5 Å². The number of ether oxygens (including phenoxy) is 2. The zero-order valence-electron chi connectivity index (χ0n) is 12.9. The van der Waals surface area contributed by atoms with Crippen LogP contribution in [0.4, 0.5) is 4.39 Å². The zero-order chi connectivity index (χ0) is 17.2. The summed E-state index contributed by atoms with van der Waals surface area (Å²) in [6.45, 7) is 0.218. The number of aromatic nitrogens is 2. The molecule has 2 heterocycles. The van der Waals surface area contributed by atoms with Crippen LogP contribution >= 0.6 is 0 Å². The molecule has 25 heavy (non-hydrogen) atoms. The third-order valence-corrected chi connectivity index (χ3v) is 3.61. The van der Waals surface area contributed by atoms with Gasteiger partial charge >= 0.3 is 0 Å². The number of carbonyl (C=O) groups is 1. The molecule has 8 heteroatoms. The van der Waals surface area contributed by atoms with Gasteiger partial charge in [-0.1, -0.05) is 5.16 Å². The monoisotopic (exact) mass is 341 g/mol. The van der Waals surface area contributed by atoms with Crippen LogP contribution in [0.5, 0.6) is 11.5 Å².